The molecule has 0 radical (unpaired) electrons. The van der Waals surface area contributed by atoms with Gasteiger partial charge < -0.3 is 10.1 Å². The number of likely N-dealkylation sites (N-methyl/N-ethyl adjacent to an activating group) is 1. The van der Waals surface area contributed by atoms with Gasteiger partial charge >= 0.3 is 0 Å². The van der Waals surface area contributed by atoms with Gasteiger partial charge in [-0.05, 0) is 42.5 Å². The van der Waals surface area contributed by atoms with E-state index in [9.17, 15) is 17.6 Å². The lowest BCUT2D eigenvalue weighted by Crippen LogP contribution is -2.37. The third kappa shape index (κ3) is 4.72. The van der Waals surface area contributed by atoms with Crippen LogP contribution in [0, 0.1) is 5.82 Å². The van der Waals surface area contributed by atoms with Gasteiger partial charge in [0, 0.05) is 12.2 Å². The Morgan fingerprint density at radius 3 is 2.42 bits per heavy atom. The Labute approximate surface area is 156 Å². The Balaban J connectivity index is 2.13. The fourth-order valence-electron chi connectivity index (χ4n) is 2.19. The largest absolute Gasteiger partial charge is 0.497 e. The standard InChI is InChI=1S/C17H18ClFN2O4S/c1-3-21(26(23,24)14-8-9-16(19)15(18)10-14)11-17(22)20-12-4-6-13(25-2)7-5-12/h4-10H,3,11H2,1-2H3,(H,20,22). The van der Waals surface area contributed by atoms with Crippen LogP contribution < -0.4 is 10.1 Å². The number of ether oxygens (including phenoxy) is 1. The molecule has 2 aromatic rings. The summed E-state index contributed by atoms with van der Waals surface area (Å²) in [5, 5.41) is 2.31. The summed E-state index contributed by atoms with van der Waals surface area (Å²) in [4.78, 5) is 12.0. The summed E-state index contributed by atoms with van der Waals surface area (Å²) in [6.45, 7) is 1.27. The molecule has 2 aromatic carbocycles. The van der Waals surface area contributed by atoms with Crippen molar-refractivity contribution in [2.75, 3.05) is 25.5 Å². The van der Waals surface area contributed by atoms with Gasteiger partial charge in [0.1, 0.15) is 11.6 Å². The summed E-state index contributed by atoms with van der Waals surface area (Å²) >= 11 is 5.66. The van der Waals surface area contributed by atoms with Gasteiger partial charge in [-0.15, -0.1) is 0 Å². The highest BCUT2D eigenvalue weighted by Crippen LogP contribution is 2.22. The van der Waals surface area contributed by atoms with E-state index in [1.807, 2.05) is 0 Å². The van der Waals surface area contributed by atoms with Crippen molar-refractivity contribution in [2.24, 2.45) is 0 Å². The summed E-state index contributed by atoms with van der Waals surface area (Å²) in [6, 6.07) is 9.73. The number of hydrogen-bond acceptors (Lipinski definition) is 4. The maximum absolute atomic E-state index is 13.3. The van der Waals surface area contributed by atoms with Gasteiger partial charge in [-0.1, -0.05) is 18.5 Å². The van der Waals surface area contributed by atoms with Crippen LogP contribution in [-0.2, 0) is 14.8 Å². The third-order valence-electron chi connectivity index (χ3n) is 3.58. The molecule has 0 saturated heterocycles. The van der Waals surface area contributed by atoms with Gasteiger partial charge in [0.15, 0.2) is 0 Å². The summed E-state index contributed by atoms with van der Waals surface area (Å²) in [5.74, 6) is -0.589. The molecule has 1 N–H and O–H groups in total. The van der Waals surface area contributed by atoms with Crippen LogP contribution in [0.1, 0.15) is 6.92 Å². The van der Waals surface area contributed by atoms with E-state index in [2.05, 4.69) is 5.32 Å². The monoisotopic (exact) mass is 400 g/mol. The molecule has 0 atom stereocenters. The fraction of sp³-hybridized carbons (Fsp3) is 0.235. The maximum Gasteiger partial charge on any atom is 0.243 e. The van der Waals surface area contributed by atoms with E-state index < -0.39 is 21.7 Å². The predicted molar refractivity (Wildman–Crippen MR) is 97.5 cm³/mol. The number of carbonyl (C=O) groups is 1. The number of amides is 1. The SMILES string of the molecule is CCN(CC(=O)Nc1ccc(OC)cc1)S(=O)(=O)c1ccc(F)c(Cl)c1. The molecule has 0 aliphatic carbocycles. The molecule has 1 amide bonds. The van der Waals surface area contributed by atoms with Gasteiger partial charge in [-0.2, -0.15) is 4.31 Å². The molecule has 0 aliphatic rings. The number of halogens is 2. The Bertz CT molecular complexity index is 888. The van der Waals surface area contributed by atoms with Crippen LogP contribution in [0.5, 0.6) is 5.75 Å². The summed E-state index contributed by atoms with van der Waals surface area (Å²) in [6.07, 6.45) is 0. The van der Waals surface area contributed by atoms with E-state index in [0.717, 1.165) is 22.5 Å². The smallest absolute Gasteiger partial charge is 0.243 e. The predicted octanol–water partition coefficient (Wildman–Crippen LogP) is 3.14. The first-order chi connectivity index (χ1) is 12.3. The van der Waals surface area contributed by atoms with Gasteiger partial charge in [0.25, 0.3) is 0 Å². The molecule has 0 heterocycles. The van der Waals surface area contributed by atoms with Crippen LogP contribution in [0.2, 0.25) is 5.02 Å². The highest BCUT2D eigenvalue weighted by Gasteiger charge is 2.26. The van der Waals surface area contributed by atoms with E-state index in [-0.39, 0.29) is 23.0 Å². The normalized spacial score (nSPS) is 11.4. The fourth-order valence-corrected chi connectivity index (χ4v) is 3.87. The lowest BCUT2D eigenvalue weighted by molar-refractivity contribution is -0.116. The highest BCUT2D eigenvalue weighted by atomic mass is 35.5. The minimum atomic E-state index is -3.99. The molecule has 140 valence electrons. The van der Waals surface area contributed by atoms with Crippen molar-refractivity contribution in [1.82, 2.24) is 4.31 Å². The molecule has 0 spiro atoms. The van der Waals surface area contributed by atoms with Crippen molar-refractivity contribution in [3.05, 3.63) is 53.3 Å². The number of rotatable bonds is 7. The first-order valence-electron chi connectivity index (χ1n) is 7.67. The van der Waals surface area contributed by atoms with Crippen LogP contribution in [0.4, 0.5) is 10.1 Å². The number of nitrogens with one attached hydrogen (secondary N) is 1. The van der Waals surface area contributed by atoms with E-state index in [1.165, 1.54) is 7.11 Å². The number of carbonyl (C=O) groups excluding carboxylic acids is 1. The average molecular weight is 401 g/mol. The van der Waals surface area contributed by atoms with Crippen molar-refractivity contribution in [3.63, 3.8) is 0 Å². The summed E-state index contributed by atoms with van der Waals surface area (Å²) in [7, 11) is -2.46. The molecular formula is C17H18ClFN2O4S. The molecule has 2 rings (SSSR count). The highest BCUT2D eigenvalue weighted by molar-refractivity contribution is 7.89. The van der Waals surface area contributed by atoms with Crippen molar-refractivity contribution in [3.8, 4) is 5.75 Å². The molecule has 0 unspecified atom stereocenters. The Kier molecular flexibility index (Phi) is 6.57. The zero-order valence-electron chi connectivity index (χ0n) is 14.2. The van der Waals surface area contributed by atoms with Gasteiger partial charge in [0.05, 0.1) is 23.6 Å². The Hall–Kier alpha value is -2.16. The van der Waals surface area contributed by atoms with Crippen molar-refractivity contribution in [1.29, 1.82) is 0 Å². The van der Waals surface area contributed by atoms with Crippen LogP contribution in [0.25, 0.3) is 0 Å². The van der Waals surface area contributed by atoms with Gasteiger partial charge in [-0.25, -0.2) is 12.8 Å². The average Bonchev–Trinajstić information content (AvgIpc) is 2.62. The zero-order chi connectivity index (χ0) is 19.3. The van der Waals surface area contributed by atoms with Crippen molar-refractivity contribution in [2.45, 2.75) is 11.8 Å². The molecule has 9 heteroatoms. The molecule has 0 bridgehead atoms. The minimum absolute atomic E-state index is 0.0629. The second kappa shape index (κ2) is 8.48. The number of hydrogen-bond donors (Lipinski definition) is 1. The molecule has 0 fully saturated rings. The number of methoxy groups -OCH3 is 1. The van der Waals surface area contributed by atoms with Crippen LogP contribution in [0.3, 0.4) is 0 Å². The van der Waals surface area contributed by atoms with E-state index in [4.69, 9.17) is 16.3 Å². The molecule has 0 aromatic heterocycles. The van der Waals surface area contributed by atoms with Gasteiger partial charge in [0.2, 0.25) is 15.9 Å². The van der Waals surface area contributed by atoms with E-state index >= 15 is 0 Å². The number of benzene rings is 2. The molecule has 0 saturated carbocycles. The molecule has 26 heavy (non-hydrogen) atoms. The van der Waals surface area contributed by atoms with E-state index in [0.29, 0.717) is 11.4 Å². The zero-order valence-corrected chi connectivity index (χ0v) is 15.8. The quantitative estimate of drug-likeness (QED) is 0.774. The minimum Gasteiger partial charge on any atom is -0.497 e. The first kappa shape index (κ1) is 20.2. The number of nitrogens with zero attached hydrogens (tertiary/aromatic N) is 1. The lowest BCUT2D eigenvalue weighted by Gasteiger charge is -2.20. The van der Waals surface area contributed by atoms with E-state index in [1.54, 1.807) is 31.2 Å². The number of anilines is 1. The van der Waals surface area contributed by atoms with Crippen molar-refractivity contribution >= 4 is 33.2 Å². The number of sulfonamides is 1. The second-order valence-electron chi connectivity index (χ2n) is 5.28. The molecule has 6 nitrogen and oxygen atoms in total. The maximum atomic E-state index is 13.3. The summed E-state index contributed by atoms with van der Waals surface area (Å²) in [5.41, 5.74) is 0.508. The topological polar surface area (TPSA) is 75.7 Å². The summed E-state index contributed by atoms with van der Waals surface area (Å²) < 4.78 is 44.6. The van der Waals surface area contributed by atoms with Gasteiger partial charge in [-0.3, -0.25) is 4.79 Å². The second-order valence-corrected chi connectivity index (χ2v) is 7.63. The third-order valence-corrected chi connectivity index (χ3v) is 5.78. The van der Waals surface area contributed by atoms with Crippen molar-refractivity contribution < 1.29 is 22.3 Å². The first-order valence-corrected chi connectivity index (χ1v) is 9.49. The molecule has 0 aliphatic heterocycles. The lowest BCUT2D eigenvalue weighted by atomic mass is 10.3. The Morgan fingerprint density at radius 1 is 1.23 bits per heavy atom. The Morgan fingerprint density at radius 2 is 1.88 bits per heavy atom. The van der Waals surface area contributed by atoms with Crippen LogP contribution >= 0.6 is 11.6 Å². The van der Waals surface area contributed by atoms with Crippen LogP contribution in [-0.4, -0.2) is 38.8 Å². The molecular weight excluding hydrogens is 383 g/mol. The van der Waals surface area contributed by atoms with Crippen LogP contribution in [0.15, 0.2) is 47.4 Å².